The van der Waals surface area contributed by atoms with Crippen LogP contribution >= 0.6 is 22.6 Å². The summed E-state index contributed by atoms with van der Waals surface area (Å²) in [5, 5.41) is 4.14. The number of rotatable bonds is 6. The summed E-state index contributed by atoms with van der Waals surface area (Å²) >= 11 is 2.20. The summed E-state index contributed by atoms with van der Waals surface area (Å²) in [7, 11) is 1.80. The Morgan fingerprint density at radius 3 is 2.77 bits per heavy atom. The number of para-hydroxylation sites is 1. The highest BCUT2D eigenvalue weighted by Gasteiger charge is 2.11. The zero-order chi connectivity index (χ0) is 18.5. The van der Waals surface area contributed by atoms with Crippen molar-refractivity contribution in [2.75, 3.05) is 25.5 Å². The highest BCUT2D eigenvalue weighted by molar-refractivity contribution is 14.1. The smallest absolute Gasteiger partial charge is 0.338 e. The Labute approximate surface area is 165 Å². The third-order valence-electron chi connectivity index (χ3n) is 4.05. The molecule has 3 aromatic rings. The number of halogens is 1. The first-order valence-electron chi connectivity index (χ1n) is 8.32. The van der Waals surface area contributed by atoms with Crippen molar-refractivity contribution < 1.29 is 9.21 Å². The van der Waals surface area contributed by atoms with Crippen LogP contribution in [0, 0.1) is 3.57 Å². The highest BCUT2D eigenvalue weighted by Crippen LogP contribution is 2.20. The second-order valence-electron chi connectivity index (χ2n) is 5.99. The van der Waals surface area contributed by atoms with Gasteiger partial charge in [0.2, 0.25) is 0 Å². The van der Waals surface area contributed by atoms with E-state index in [1.165, 1.54) is 6.07 Å². The van der Waals surface area contributed by atoms with Crippen LogP contribution in [-0.4, -0.2) is 30.9 Å². The highest BCUT2D eigenvalue weighted by atomic mass is 127. The molecule has 1 amide bonds. The molecule has 0 unspecified atom stereocenters. The Bertz CT molecular complexity index is 984. The van der Waals surface area contributed by atoms with Gasteiger partial charge >= 0.3 is 5.63 Å². The molecule has 0 saturated heterocycles. The standard InChI is InChI=1S/C20H19IN2O3/c1-23(20(25)14-6-4-7-15(21)12-14)11-5-10-22-17-13-19(24)26-18-9-3-2-8-16(17)18/h2-4,6-9,12-13,22H,5,10-11H2,1H3. The molecule has 26 heavy (non-hydrogen) atoms. The SMILES string of the molecule is CN(CCCNc1cc(=O)oc2ccccc12)C(=O)c1cccc(I)c1. The first-order valence-corrected chi connectivity index (χ1v) is 9.40. The van der Waals surface area contributed by atoms with Gasteiger partial charge in [0.25, 0.3) is 5.91 Å². The van der Waals surface area contributed by atoms with Crippen LogP contribution in [0.25, 0.3) is 11.0 Å². The number of carbonyl (C=O) groups excluding carboxylic acids is 1. The fraction of sp³-hybridized carbons (Fsp3) is 0.200. The molecule has 5 nitrogen and oxygen atoms in total. The molecule has 0 aliphatic rings. The van der Waals surface area contributed by atoms with E-state index in [2.05, 4.69) is 27.9 Å². The molecule has 0 spiro atoms. The molecule has 0 bridgehead atoms. The van der Waals surface area contributed by atoms with E-state index >= 15 is 0 Å². The fourth-order valence-electron chi connectivity index (χ4n) is 2.74. The Balaban J connectivity index is 1.57. The lowest BCUT2D eigenvalue weighted by Crippen LogP contribution is -2.28. The lowest BCUT2D eigenvalue weighted by molar-refractivity contribution is 0.0794. The summed E-state index contributed by atoms with van der Waals surface area (Å²) in [5.74, 6) is 0.00863. The van der Waals surface area contributed by atoms with Gasteiger partial charge in [0, 0.05) is 40.7 Å². The average molecular weight is 462 g/mol. The van der Waals surface area contributed by atoms with Crippen molar-refractivity contribution in [1.29, 1.82) is 0 Å². The fourth-order valence-corrected chi connectivity index (χ4v) is 3.28. The molecule has 0 radical (unpaired) electrons. The maximum absolute atomic E-state index is 12.4. The molecule has 1 heterocycles. The maximum Gasteiger partial charge on any atom is 0.338 e. The van der Waals surface area contributed by atoms with Gasteiger partial charge in [0.15, 0.2) is 0 Å². The Morgan fingerprint density at radius 2 is 1.96 bits per heavy atom. The number of carbonyl (C=O) groups is 1. The lowest BCUT2D eigenvalue weighted by atomic mass is 10.2. The number of amides is 1. The van der Waals surface area contributed by atoms with Gasteiger partial charge in [-0.2, -0.15) is 0 Å². The monoisotopic (exact) mass is 462 g/mol. The largest absolute Gasteiger partial charge is 0.423 e. The summed E-state index contributed by atoms with van der Waals surface area (Å²) in [5.41, 5.74) is 1.63. The molecule has 0 atom stereocenters. The van der Waals surface area contributed by atoms with E-state index in [9.17, 15) is 9.59 Å². The molecule has 0 aliphatic carbocycles. The number of benzene rings is 2. The Hall–Kier alpha value is -2.35. The van der Waals surface area contributed by atoms with E-state index in [4.69, 9.17) is 4.42 Å². The molecule has 0 aliphatic heterocycles. The van der Waals surface area contributed by atoms with Crippen molar-refractivity contribution >= 4 is 45.2 Å². The Morgan fingerprint density at radius 1 is 1.15 bits per heavy atom. The number of hydrogen-bond acceptors (Lipinski definition) is 4. The summed E-state index contributed by atoms with van der Waals surface area (Å²) in [6.07, 6.45) is 0.765. The quantitative estimate of drug-likeness (QED) is 0.342. The molecule has 3 rings (SSSR count). The van der Waals surface area contributed by atoms with E-state index in [0.717, 1.165) is 21.1 Å². The molecule has 2 aromatic carbocycles. The van der Waals surface area contributed by atoms with Crippen LogP contribution in [0.2, 0.25) is 0 Å². The van der Waals surface area contributed by atoms with Crippen LogP contribution in [0.4, 0.5) is 5.69 Å². The van der Waals surface area contributed by atoms with Crippen LogP contribution in [-0.2, 0) is 0 Å². The summed E-state index contributed by atoms with van der Waals surface area (Å²) in [6.45, 7) is 1.27. The van der Waals surface area contributed by atoms with Crippen molar-refractivity contribution in [3.63, 3.8) is 0 Å². The van der Waals surface area contributed by atoms with Crippen LogP contribution in [0.15, 0.2) is 63.8 Å². The first-order chi connectivity index (χ1) is 12.5. The molecule has 0 saturated carbocycles. The predicted molar refractivity (Wildman–Crippen MR) is 112 cm³/mol. The zero-order valence-electron chi connectivity index (χ0n) is 14.4. The van der Waals surface area contributed by atoms with Crippen molar-refractivity contribution in [2.45, 2.75) is 6.42 Å². The molecular weight excluding hydrogens is 443 g/mol. The molecule has 0 fully saturated rings. The molecule has 6 heteroatoms. The van der Waals surface area contributed by atoms with E-state index in [1.807, 2.05) is 42.5 Å². The van der Waals surface area contributed by atoms with Crippen LogP contribution in [0.1, 0.15) is 16.8 Å². The first kappa shape index (κ1) is 18.4. The molecular formula is C20H19IN2O3. The van der Waals surface area contributed by atoms with Gasteiger partial charge in [0.1, 0.15) is 5.58 Å². The second kappa shape index (κ2) is 8.35. The Kier molecular flexibility index (Phi) is 5.92. The number of nitrogens with one attached hydrogen (secondary N) is 1. The van der Waals surface area contributed by atoms with Crippen molar-refractivity contribution in [3.8, 4) is 0 Å². The minimum Gasteiger partial charge on any atom is -0.423 e. The third kappa shape index (κ3) is 4.43. The molecule has 1 N–H and O–H groups in total. The number of nitrogens with zero attached hydrogens (tertiary/aromatic N) is 1. The van der Waals surface area contributed by atoms with Gasteiger partial charge in [-0.3, -0.25) is 4.79 Å². The summed E-state index contributed by atoms with van der Waals surface area (Å²) in [6, 6.07) is 16.4. The molecule has 134 valence electrons. The van der Waals surface area contributed by atoms with Gasteiger partial charge in [-0.05, 0) is 59.3 Å². The third-order valence-corrected chi connectivity index (χ3v) is 4.72. The zero-order valence-corrected chi connectivity index (χ0v) is 16.5. The number of hydrogen-bond donors (Lipinski definition) is 1. The van der Waals surface area contributed by atoms with Crippen LogP contribution in [0.5, 0.6) is 0 Å². The lowest BCUT2D eigenvalue weighted by Gasteiger charge is -2.18. The van der Waals surface area contributed by atoms with Gasteiger partial charge < -0.3 is 14.6 Å². The minimum atomic E-state index is -0.378. The van der Waals surface area contributed by atoms with Crippen LogP contribution in [0.3, 0.4) is 0 Å². The summed E-state index contributed by atoms with van der Waals surface area (Å²) in [4.78, 5) is 25.8. The topological polar surface area (TPSA) is 62.6 Å². The van der Waals surface area contributed by atoms with Gasteiger partial charge in [-0.15, -0.1) is 0 Å². The minimum absolute atomic E-state index is 0.00863. The second-order valence-corrected chi connectivity index (χ2v) is 7.24. The van der Waals surface area contributed by atoms with Crippen molar-refractivity contribution in [1.82, 2.24) is 4.90 Å². The predicted octanol–water partition coefficient (Wildman–Crippen LogP) is 3.97. The van der Waals surface area contributed by atoms with Crippen molar-refractivity contribution in [3.05, 3.63) is 74.2 Å². The molecule has 1 aromatic heterocycles. The van der Waals surface area contributed by atoms with E-state index in [1.54, 1.807) is 18.0 Å². The van der Waals surface area contributed by atoms with Gasteiger partial charge in [-0.25, -0.2) is 4.79 Å². The van der Waals surface area contributed by atoms with E-state index in [-0.39, 0.29) is 11.5 Å². The van der Waals surface area contributed by atoms with Gasteiger partial charge in [-0.1, -0.05) is 18.2 Å². The van der Waals surface area contributed by atoms with Crippen LogP contribution < -0.4 is 10.9 Å². The van der Waals surface area contributed by atoms with E-state index < -0.39 is 0 Å². The van der Waals surface area contributed by atoms with E-state index in [0.29, 0.717) is 24.2 Å². The average Bonchev–Trinajstić information content (AvgIpc) is 2.64. The normalized spacial score (nSPS) is 10.7. The maximum atomic E-state index is 12.4. The summed E-state index contributed by atoms with van der Waals surface area (Å²) < 4.78 is 6.23. The number of fused-ring (bicyclic) bond motifs is 1. The number of anilines is 1. The van der Waals surface area contributed by atoms with Crippen molar-refractivity contribution in [2.24, 2.45) is 0 Å². The van der Waals surface area contributed by atoms with Gasteiger partial charge in [0.05, 0.1) is 5.69 Å².